The van der Waals surface area contributed by atoms with E-state index in [1.807, 2.05) is 17.5 Å². The van der Waals surface area contributed by atoms with Crippen molar-refractivity contribution in [1.29, 1.82) is 0 Å². The lowest BCUT2D eigenvalue weighted by atomic mass is 10.2. The average molecular weight is 358 g/mol. The zero-order chi connectivity index (χ0) is 16.8. The number of amides is 1. The highest BCUT2D eigenvalue weighted by Gasteiger charge is 2.09. The predicted octanol–water partition coefficient (Wildman–Crippen LogP) is 4.26. The summed E-state index contributed by atoms with van der Waals surface area (Å²) in [6.45, 7) is 2.46. The Bertz CT molecular complexity index is 780. The Kier molecular flexibility index (Phi) is 5.72. The summed E-state index contributed by atoms with van der Waals surface area (Å²) < 4.78 is 5.43. The first-order chi connectivity index (χ1) is 11.7. The molecule has 2 heterocycles. The summed E-state index contributed by atoms with van der Waals surface area (Å²) in [5.41, 5.74) is 3.21. The smallest absolute Gasteiger partial charge is 0.236 e. The van der Waals surface area contributed by atoms with Crippen LogP contribution in [0.15, 0.2) is 52.5 Å². The zero-order valence-corrected chi connectivity index (χ0v) is 15.0. The highest BCUT2D eigenvalue weighted by molar-refractivity contribution is 7.99. The monoisotopic (exact) mass is 358 g/mol. The molecule has 1 N–H and O–H groups in total. The molecule has 0 fully saturated rings. The molecule has 0 bridgehead atoms. The quantitative estimate of drug-likeness (QED) is 0.685. The van der Waals surface area contributed by atoms with E-state index in [0.717, 1.165) is 16.3 Å². The number of carbonyl (C=O) groups excluding carboxylic acids is 1. The van der Waals surface area contributed by atoms with Crippen molar-refractivity contribution in [2.75, 3.05) is 5.75 Å². The second-order valence-corrected chi connectivity index (χ2v) is 7.31. The van der Waals surface area contributed by atoms with Crippen LogP contribution in [0.2, 0.25) is 0 Å². The van der Waals surface area contributed by atoms with Crippen molar-refractivity contribution in [1.82, 2.24) is 10.3 Å². The van der Waals surface area contributed by atoms with E-state index in [1.54, 1.807) is 29.4 Å². The number of hydrogen-bond donors (Lipinski definition) is 1. The van der Waals surface area contributed by atoms with Gasteiger partial charge in [-0.2, -0.15) is 0 Å². The summed E-state index contributed by atoms with van der Waals surface area (Å²) >= 11 is 3.18. The lowest BCUT2D eigenvalue weighted by Crippen LogP contribution is -2.24. The molecule has 124 valence electrons. The molecule has 0 saturated heterocycles. The first-order valence-electron chi connectivity index (χ1n) is 7.59. The number of rotatable bonds is 7. The van der Waals surface area contributed by atoms with Crippen molar-refractivity contribution in [3.8, 4) is 10.8 Å². The Balaban J connectivity index is 1.40. The van der Waals surface area contributed by atoms with Crippen molar-refractivity contribution >= 4 is 29.0 Å². The van der Waals surface area contributed by atoms with Crippen LogP contribution in [0.4, 0.5) is 0 Å². The maximum Gasteiger partial charge on any atom is 0.236 e. The average Bonchev–Trinajstić information content (AvgIpc) is 3.26. The molecule has 0 unspecified atom stereocenters. The van der Waals surface area contributed by atoms with E-state index in [0.29, 0.717) is 18.2 Å². The van der Waals surface area contributed by atoms with Crippen LogP contribution in [-0.4, -0.2) is 16.6 Å². The number of thioether (sulfide) groups is 1. The van der Waals surface area contributed by atoms with E-state index in [-0.39, 0.29) is 5.91 Å². The second-order valence-electron chi connectivity index (χ2n) is 5.38. The number of nitrogens with one attached hydrogen (secondary N) is 1. The summed E-state index contributed by atoms with van der Waals surface area (Å²) in [5, 5.41) is 4.85. The van der Waals surface area contributed by atoms with Gasteiger partial charge in [-0.15, -0.1) is 23.1 Å². The first-order valence-corrected chi connectivity index (χ1v) is 9.62. The molecule has 1 amide bonds. The standard InChI is InChI=1S/C18H18N2O2S2/c1-13-4-6-14(7-5-13)11-23-12-17(21)19-9-15-10-22-18(20-15)16-3-2-8-24-16/h2-8,10H,9,11-12H2,1H3,(H,19,21). The third kappa shape index (κ3) is 4.72. The molecule has 0 aliphatic carbocycles. The molecular weight excluding hydrogens is 340 g/mol. The van der Waals surface area contributed by atoms with E-state index in [4.69, 9.17) is 4.42 Å². The number of thiophene rings is 1. The van der Waals surface area contributed by atoms with Gasteiger partial charge in [0.2, 0.25) is 11.8 Å². The highest BCUT2D eigenvalue weighted by Crippen LogP contribution is 2.23. The van der Waals surface area contributed by atoms with Gasteiger partial charge in [-0.05, 0) is 23.9 Å². The van der Waals surface area contributed by atoms with E-state index >= 15 is 0 Å². The van der Waals surface area contributed by atoms with Gasteiger partial charge in [-0.25, -0.2) is 4.98 Å². The van der Waals surface area contributed by atoms with Crippen molar-refractivity contribution in [3.63, 3.8) is 0 Å². The van der Waals surface area contributed by atoms with Gasteiger partial charge in [0, 0.05) is 5.75 Å². The zero-order valence-electron chi connectivity index (χ0n) is 13.3. The summed E-state index contributed by atoms with van der Waals surface area (Å²) in [6.07, 6.45) is 1.59. The Morgan fingerprint density at radius 1 is 1.29 bits per heavy atom. The van der Waals surface area contributed by atoms with E-state index < -0.39 is 0 Å². The Morgan fingerprint density at radius 3 is 2.88 bits per heavy atom. The number of carbonyl (C=O) groups is 1. The lowest BCUT2D eigenvalue weighted by molar-refractivity contribution is -0.118. The summed E-state index contributed by atoms with van der Waals surface area (Å²) in [7, 11) is 0. The van der Waals surface area contributed by atoms with Crippen LogP contribution in [0.25, 0.3) is 10.8 Å². The van der Waals surface area contributed by atoms with Crippen molar-refractivity contribution in [2.24, 2.45) is 0 Å². The van der Waals surface area contributed by atoms with Gasteiger partial charge in [-0.1, -0.05) is 35.9 Å². The molecule has 0 radical (unpaired) electrons. The lowest BCUT2D eigenvalue weighted by Gasteiger charge is -2.04. The van der Waals surface area contributed by atoms with Crippen LogP contribution >= 0.6 is 23.1 Å². The van der Waals surface area contributed by atoms with Gasteiger partial charge in [0.05, 0.1) is 22.9 Å². The minimum Gasteiger partial charge on any atom is -0.443 e. The predicted molar refractivity (Wildman–Crippen MR) is 99.0 cm³/mol. The topological polar surface area (TPSA) is 55.1 Å². The molecule has 2 aromatic heterocycles. The molecule has 0 atom stereocenters. The first kappa shape index (κ1) is 16.8. The maximum atomic E-state index is 11.9. The minimum atomic E-state index is 0.00721. The van der Waals surface area contributed by atoms with Crippen molar-refractivity contribution < 1.29 is 9.21 Å². The molecule has 1 aromatic carbocycles. The molecule has 3 rings (SSSR count). The molecule has 0 saturated carbocycles. The summed E-state index contributed by atoms with van der Waals surface area (Å²) in [5.74, 6) is 1.87. The number of benzene rings is 1. The third-order valence-electron chi connectivity index (χ3n) is 3.37. The second kappa shape index (κ2) is 8.17. The SMILES string of the molecule is Cc1ccc(CSCC(=O)NCc2coc(-c3cccs3)n2)cc1. The normalized spacial score (nSPS) is 10.7. The van der Waals surface area contributed by atoms with E-state index in [1.165, 1.54) is 11.1 Å². The van der Waals surface area contributed by atoms with Crippen LogP contribution in [0.5, 0.6) is 0 Å². The van der Waals surface area contributed by atoms with E-state index in [2.05, 4.69) is 41.5 Å². The highest BCUT2D eigenvalue weighted by atomic mass is 32.2. The summed E-state index contributed by atoms with van der Waals surface area (Å²) in [4.78, 5) is 17.3. The van der Waals surface area contributed by atoms with Crippen LogP contribution in [0, 0.1) is 6.92 Å². The Morgan fingerprint density at radius 2 is 2.12 bits per heavy atom. The fourth-order valence-electron chi connectivity index (χ4n) is 2.09. The van der Waals surface area contributed by atoms with Gasteiger partial charge in [0.1, 0.15) is 6.26 Å². The molecular formula is C18H18N2O2S2. The third-order valence-corrected chi connectivity index (χ3v) is 5.23. The van der Waals surface area contributed by atoms with Gasteiger partial charge < -0.3 is 9.73 Å². The van der Waals surface area contributed by atoms with Crippen molar-refractivity contribution in [3.05, 3.63) is 64.9 Å². The number of aromatic nitrogens is 1. The van der Waals surface area contributed by atoms with Crippen LogP contribution in [0.3, 0.4) is 0 Å². The fourth-order valence-corrected chi connectivity index (χ4v) is 3.56. The fraction of sp³-hybridized carbons (Fsp3) is 0.222. The number of hydrogen-bond acceptors (Lipinski definition) is 5. The van der Waals surface area contributed by atoms with Gasteiger partial charge in [0.25, 0.3) is 0 Å². The van der Waals surface area contributed by atoms with Crippen LogP contribution in [-0.2, 0) is 17.1 Å². The molecule has 0 aliphatic rings. The molecule has 6 heteroatoms. The Labute approximate surface area is 149 Å². The van der Waals surface area contributed by atoms with Crippen LogP contribution < -0.4 is 5.32 Å². The number of oxazole rings is 1. The number of nitrogens with zero attached hydrogens (tertiary/aromatic N) is 1. The van der Waals surface area contributed by atoms with Gasteiger partial charge in [-0.3, -0.25) is 4.79 Å². The number of aryl methyl sites for hydroxylation is 1. The molecule has 4 nitrogen and oxygen atoms in total. The molecule has 0 spiro atoms. The molecule has 0 aliphatic heterocycles. The van der Waals surface area contributed by atoms with Crippen molar-refractivity contribution in [2.45, 2.75) is 19.2 Å². The van der Waals surface area contributed by atoms with E-state index in [9.17, 15) is 4.79 Å². The molecule has 24 heavy (non-hydrogen) atoms. The largest absolute Gasteiger partial charge is 0.443 e. The molecule has 3 aromatic rings. The maximum absolute atomic E-state index is 11.9. The van der Waals surface area contributed by atoms with Crippen LogP contribution in [0.1, 0.15) is 16.8 Å². The summed E-state index contributed by atoms with van der Waals surface area (Å²) in [6, 6.07) is 12.3. The van der Waals surface area contributed by atoms with Gasteiger partial charge in [0.15, 0.2) is 0 Å². The van der Waals surface area contributed by atoms with Gasteiger partial charge >= 0.3 is 0 Å². The minimum absolute atomic E-state index is 0.00721. The Hall–Kier alpha value is -2.05.